The van der Waals surface area contributed by atoms with E-state index in [4.69, 9.17) is 0 Å². The van der Waals surface area contributed by atoms with Crippen LogP contribution in [0.2, 0.25) is 0 Å². The summed E-state index contributed by atoms with van der Waals surface area (Å²) in [5, 5.41) is 5.53. The monoisotopic (exact) mass is 339 g/mol. The van der Waals surface area contributed by atoms with E-state index in [9.17, 15) is 0 Å². The first-order valence-corrected chi connectivity index (χ1v) is 7.96. The molecule has 102 valence electrons. The summed E-state index contributed by atoms with van der Waals surface area (Å²) in [5.74, 6) is 1.05. The molecule has 5 heteroatoms. The van der Waals surface area contributed by atoms with Crippen LogP contribution in [0.15, 0.2) is 33.6 Å². The third-order valence-electron chi connectivity index (χ3n) is 2.84. The van der Waals surface area contributed by atoms with E-state index in [-0.39, 0.29) is 0 Å². The van der Waals surface area contributed by atoms with E-state index in [0.717, 1.165) is 25.5 Å². The molecule has 0 unspecified atom stereocenters. The molecule has 0 bridgehead atoms. The molecule has 0 amide bonds. The zero-order valence-electron chi connectivity index (χ0n) is 11.2. The van der Waals surface area contributed by atoms with Crippen LogP contribution in [-0.4, -0.2) is 18.6 Å². The minimum absolute atomic E-state index is 0.858. The number of hydrogen-bond acceptors (Lipinski definition) is 4. The molecule has 0 aromatic carbocycles. The number of rotatable bonds is 6. The Morgan fingerprint density at radius 3 is 3.00 bits per heavy atom. The van der Waals surface area contributed by atoms with Crippen LogP contribution in [-0.2, 0) is 13.1 Å². The van der Waals surface area contributed by atoms with Gasteiger partial charge in [0.05, 0.1) is 3.79 Å². The zero-order chi connectivity index (χ0) is 13.7. The zero-order valence-corrected chi connectivity index (χ0v) is 13.6. The van der Waals surface area contributed by atoms with E-state index in [2.05, 4.69) is 62.6 Å². The maximum atomic E-state index is 4.51. The second kappa shape index (κ2) is 7.03. The van der Waals surface area contributed by atoms with Gasteiger partial charge >= 0.3 is 0 Å². The third kappa shape index (κ3) is 4.03. The Labute approximate surface area is 126 Å². The Morgan fingerprint density at radius 2 is 2.32 bits per heavy atom. The van der Waals surface area contributed by atoms with Gasteiger partial charge in [-0.2, -0.15) is 0 Å². The number of anilines is 1. The van der Waals surface area contributed by atoms with Gasteiger partial charge in [-0.25, -0.2) is 4.98 Å². The molecule has 3 nitrogen and oxygen atoms in total. The first kappa shape index (κ1) is 14.5. The summed E-state index contributed by atoms with van der Waals surface area (Å²) in [4.78, 5) is 6.71. The van der Waals surface area contributed by atoms with Gasteiger partial charge in [0, 0.05) is 31.9 Å². The molecule has 1 N–H and O–H groups in total. The van der Waals surface area contributed by atoms with Crippen molar-refractivity contribution in [3.05, 3.63) is 44.7 Å². The molecular weight excluding hydrogens is 322 g/mol. The van der Waals surface area contributed by atoms with Gasteiger partial charge in [-0.1, -0.05) is 13.0 Å². The second-order valence-electron chi connectivity index (χ2n) is 4.38. The Hall–Kier alpha value is -0.910. The Morgan fingerprint density at radius 1 is 1.47 bits per heavy atom. The smallest absolute Gasteiger partial charge is 0.133 e. The highest BCUT2D eigenvalue weighted by molar-refractivity contribution is 9.11. The fourth-order valence-corrected chi connectivity index (χ4v) is 3.15. The van der Waals surface area contributed by atoms with Gasteiger partial charge in [0.15, 0.2) is 0 Å². The fraction of sp³-hybridized carbons (Fsp3) is 0.357. The molecule has 2 heterocycles. The average molecular weight is 340 g/mol. The van der Waals surface area contributed by atoms with Gasteiger partial charge < -0.3 is 10.2 Å². The van der Waals surface area contributed by atoms with Crippen LogP contribution < -0.4 is 10.2 Å². The normalized spacial score (nSPS) is 10.7. The first-order valence-electron chi connectivity index (χ1n) is 6.29. The molecule has 0 radical (unpaired) electrons. The van der Waals surface area contributed by atoms with Crippen LogP contribution in [0, 0.1) is 0 Å². The molecule has 0 fully saturated rings. The predicted molar refractivity (Wildman–Crippen MR) is 85.7 cm³/mol. The lowest BCUT2D eigenvalue weighted by atomic mass is 10.2. The molecule has 0 aliphatic rings. The highest BCUT2D eigenvalue weighted by Crippen LogP contribution is 2.24. The van der Waals surface area contributed by atoms with Gasteiger partial charge in [-0.15, -0.1) is 11.3 Å². The average Bonchev–Trinajstić information content (AvgIpc) is 2.82. The second-order valence-corrected chi connectivity index (χ2v) is 6.67. The topological polar surface area (TPSA) is 28.2 Å². The SMILES string of the molecule is CCNCc1cccnc1N(C)Cc1csc(Br)c1. The molecule has 0 saturated heterocycles. The summed E-state index contributed by atoms with van der Waals surface area (Å²) in [6.07, 6.45) is 1.85. The molecule has 0 atom stereocenters. The van der Waals surface area contributed by atoms with E-state index >= 15 is 0 Å². The van der Waals surface area contributed by atoms with Crippen LogP contribution in [0.25, 0.3) is 0 Å². The van der Waals surface area contributed by atoms with Gasteiger partial charge in [-0.3, -0.25) is 0 Å². The van der Waals surface area contributed by atoms with Crippen LogP contribution in [0.5, 0.6) is 0 Å². The standard InChI is InChI=1S/C14H18BrN3S/c1-3-16-8-12-5-4-6-17-14(12)18(2)9-11-7-13(15)19-10-11/h4-7,10,16H,3,8-9H2,1-2H3. The molecular formula is C14H18BrN3S. The molecule has 0 saturated carbocycles. The highest BCUT2D eigenvalue weighted by atomic mass is 79.9. The summed E-state index contributed by atoms with van der Waals surface area (Å²) in [7, 11) is 2.09. The first-order chi connectivity index (χ1) is 9.20. The number of pyridine rings is 1. The minimum Gasteiger partial charge on any atom is -0.355 e. The molecule has 0 aliphatic carbocycles. The Balaban J connectivity index is 2.11. The summed E-state index contributed by atoms with van der Waals surface area (Å²) in [5.41, 5.74) is 2.54. The minimum atomic E-state index is 0.858. The Kier molecular flexibility index (Phi) is 5.36. The van der Waals surface area contributed by atoms with Crippen molar-refractivity contribution in [2.75, 3.05) is 18.5 Å². The van der Waals surface area contributed by atoms with Crippen molar-refractivity contribution in [2.24, 2.45) is 0 Å². The number of halogens is 1. The summed E-state index contributed by atoms with van der Waals surface area (Å²) < 4.78 is 1.17. The van der Waals surface area contributed by atoms with Crippen LogP contribution >= 0.6 is 27.3 Å². The molecule has 2 aromatic rings. The molecule has 0 spiro atoms. The van der Waals surface area contributed by atoms with Crippen molar-refractivity contribution in [1.29, 1.82) is 0 Å². The van der Waals surface area contributed by atoms with E-state index in [0.29, 0.717) is 0 Å². The van der Waals surface area contributed by atoms with Crippen molar-refractivity contribution in [3.63, 3.8) is 0 Å². The Bertz CT molecular complexity index is 527. The maximum absolute atomic E-state index is 4.51. The lowest BCUT2D eigenvalue weighted by Crippen LogP contribution is -2.21. The number of thiophene rings is 1. The quantitative estimate of drug-likeness (QED) is 0.870. The largest absolute Gasteiger partial charge is 0.355 e. The van der Waals surface area contributed by atoms with E-state index in [1.807, 2.05) is 12.3 Å². The van der Waals surface area contributed by atoms with Gasteiger partial charge in [0.25, 0.3) is 0 Å². The van der Waals surface area contributed by atoms with Crippen LogP contribution in [0.4, 0.5) is 5.82 Å². The lowest BCUT2D eigenvalue weighted by Gasteiger charge is -2.20. The summed E-state index contributed by atoms with van der Waals surface area (Å²) in [6, 6.07) is 6.28. The summed E-state index contributed by atoms with van der Waals surface area (Å²) in [6.45, 7) is 4.81. The lowest BCUT2D eigenvalue weighted by molar-refractivity contribution is 0.719. The predicted octanol–water partition coefficient (Wildman–Crippen LogP) is 3.65. The van der Waals surface area contributed by atoms with Gasteiger partial charge in [0.2, 0.25) is 0 Å². The maximum Gasteiger partial charge on any atom is 0.133 e. The van der Waals surface area contributed by atoms with Crippen LogP contribution in [0.1, 0.15) is 18.1 Å². The van der Waals surface area contributed by atoms with Crippen molar-refractivity contribution in [3.8, 4) is 0 Å². The van der Waals surface area contributed by atoms with Gasteiger partial charge in [-0.05, 0) is 45.6 Å². The number of hydrogen-bond donors (Lipinski definition) is 1. The molecule has 19 heavy (non-hydrogen) atoms. The number of nitrogens with zero attached hydrogens (tertiary/aromatic N) is 2. The van der Waals surface area contributed by atoms with Crippen molar-refractivity contribution < 1.29 is 0 Å². The number of nitrogens with one attached hydrogen (secondary N) is 1. The van der Waals surface area contributed by atoms with Crippen LogP contribution in [0.3, 0.4) is 0 Å². The molecule has 2 rings (SSSR count). The van der Waals surface area contributed by atoms with E-state index in [1.54, 1.807) is 11.3 Å². The molecule has 0 aliphatic heterocycles. The van der Waals surface area contributed by atoms with Crippen molar-refractivity contribution in [2.45, 2.75) is 20.0 Å². The van der Waals surface area contributed by atoms with Crippen molar-refractivity contribution >= 4 is 33.1 Å². The fourth-order valence-electron chi connectivity index (χ4n) is 1.95. The third-order valence-corrected chi connectivity index (χ3v) is 4.39. The van der Waals surface area contributed by atoms with E-state index < -0.39 is 0 Å². The number of aromatic nitrogens is 1. The summed E-state index contributed by atoms with van der Waals surface area (Å²) >= 11 is 5.22. The molecule has 2 aromatic heterocycles. The van der Waals surface area contributed by atoms with E-state index in [1.165, 1.54) is 14.9 Å². The highest BCUT2D eigenvalue weighted by Gasteiger charge is 2.09. The van der Waals surface area contributed by atoms with Gasteiger partial charge in [0.1, 0.15) is 5.82 Å². The van der Waals surface area contributed by atoms with Crippen molar-refractivity contribution in [1.82, 2.24) is 10.3 Å².